The van der Waals surface area contributed by atoms with Crippen molar-refractivity contribution in [1.82, 2.24) is 24.3 Å². The van der Waals surface area contributed by atoms with Crippen LogP contribution in [0.3, 0.4) is 0 Å². The van der Waals surface area contributed by atoms with Crippen molar-refractivity contribution in [2.24, 2.45) is 0 Å². The van der Waals surface area contributed by atoms with E-state index in [9.17, 15) is 14.4 Å². The number of nitrogen functional groups attached to an aromatic ring is 1. The summed E-state index contributed by atoms with van der Waals surface area (Å²) in [6.07, 6.45) is 3.19. The molecule has 0 spiro atoms. The average molecular weight is 456 g/mol. The number of aromatic amines is 1. The number of nitrogens with one attached hydrogen (secondary N) is 1. The van der Waals surface area contributed by atoms with Crippen molar-refractivity contribution < 1.29 is 4.79 Å². The number of fused-ring (bicyclic) bond motifs is 1. The van der Waals surface area contributed by atoms with Crippen LogP contribution in [0.2, 0.25) is 0 Å². The molecule has 0 radical (unpaired) electrons. The Morgan fingerprint density at radius 3 is 2.48 bits per heavy atom. The lowest BCUT2D eigenvalue weighted by atomic mass is 10.0. The van der Waals surface area contributed by atoms with Gasteiger partial charge in [0.25, 0.3) is 11.5 Å². The van der Waals surface area contributed by atoms with Gasteiger partial charge in [-0.3, -0.25) is 19.1 Å². The van der Waals surface area contributed by atoms with Crippen LogP contribution in [0.1, 0.15) is 82.4 Å². The number of amides is 1. The highest BCUT2D eigenvalue weighted by Crippen LogP contribution is 2.27. The van der Waals surface area contributed by atoms with Crippen molar-refractivity contribution in [3.05, 3.63) is 44.4 Å². The third-order valence-electron chi connectivity index (χ3n) is 5.68. The third kappa shape index (κ3) is 4.42. The van der Waals surface area contributed by atoms with Gasteiger partial charge in [0.05, 0.1) is 17.1 Å². The van der Waals surface area contributed by atoms with E-state index >= 15 is 0 Å². The maximum Gasteiger partial charge on any atom is 0.330 e. The van der Waals surface area contributed by atoms with Crippen molar-refractivity contribution in [1.29, 1.82) is 0 Å². The second-order valence-corrected chi connectivity index (χ2v) is 8.72. The molecule has 0 aliphatic carbocycles. The number of pyridine rings is 1. The van der Waals surface area contributed by atoms with Crippen molar-refractivity contribution in [3.63, 3.8) is 0 Å². The van der Waals surface area contributed by atoms with Crippen molar-refractivity contribution in [2.75, 3.05) is 17.2 Å². The Morgan fingerprint density at radius 1 is 1.21 bits per heavy atom. The quantitative estimate of drug-likeness (QED) is 0.537. The summed E-state index contributed by atoms with van der Waals surface area (Å²) < 4.78 is 3.09. The van der Waals surface area contributed by atoms with E-state index in [2.05, 4.69) is 10.1 Å². The van der Waals surface area contributed by atoms with Gasteiger partial charge in [0.2, 0.25) is 0 Å². The highest BCUT2D eigenvalue weighted by molar-refractivity contribution is 6.14. The Morgan fingerprint density at radius 2 is 1.91 bits per heavy atom. The second-order valence-electron chi connectivity index (χ2n) is 8.72. The smallest absolute Gasteiger partial charge is 0.330 e. The molecule has 0 aliphatic heterocycles. The normalized spacial score (nSPS) is 11.6. The zero-order valence-electron chi connectivity index (χ0n) is 20.2. The molecule has 10 nitrogen and oxygen atoms in total. The van der Waals surface area contributed by atoms with E-state index in [4.69, 9.17) is 10.7 Å². The zero-order chi connectivity index (χ0) is 24.4. The van der Waals surface area contributed by atoms with Gasteiger partial charge >= 0.3 is 5.69 Å². The lowest BCUT2D eigenvalue weighted by Crippen LogP contribution is -2.41. The first-order valence-electron chi connectivity index (χ1n) is 11.4. The molecule has 0 aromatic carbocycles. The molecule has 0 saturated heterocycles. The number of unbranched alkanes of at least 4 members (excludes halogenated alkanes) is 1. The highest BCUT2D eigenvalue weighted by atomic mass is 16.2. The number of hydrogen-bond acceptors (Lipinski definition) is 6. The van der Waals surface area contributed by atoms with Gasteiger partial charge in [-0.2, -0.15) is 5.10 Å². The number of carbonyl (C=O) groups excluding carboxylic acids is 1. The van der Waals surface area contributed by atoms with Crippen LogP contribution in [0, 0.1) is 0 Å². The van der Waals surface area contributed by atoms with Crippen molar-refractivity contribution in [3.8, 4) is 0 Å². The predicted octanol–water partition coefficient (Wildman–Crippen LogP) is 3.03. The minimum atomic E-state index is -0.687. The molecule has 0 fully saturated rings. The lowest BCUT2D eigenvalue weighted by molar-refractivity contribution is 0.0989. The number of aromatic nitrogens is 5. The minimum Gasteiger partial charge on any atom is -0.383 e. The van der Waals surface area contributed by atoms with E-state index in [0.29, 0.717) is 29.6 Å². The molecule has 0 aliphatic rings. The van der Waals surface area contributed by atoms with E-state index in [1.54, 1.807) is 23.9 Å². The molecule has 3 heterocycles. The number of hydrogen-bond donors (Lipinski definition) is 2. The monoisotopic (exact) mass is 455 g/mol. The molecule has 0 atom stereocenters. The summed E-state index contributed by atoms with van der Waals surface area (Å²) in [6, 6.07) is 1.81. The van der Waals surface area contributed by atoms with Crippen LogP contribution in [0.25, 0.3) is 11.0 Å². The largest absolute Gasteiger partial charge is 0.383 e. The second kappa shape index (κ2) is 9.60. The number of nitrogens with zero attached hydrogens (tertiary/aromatic N) is 5. The minimum absolute atomic E-state index is 0.0142. The Labute approximate surface area is 192 Å². The van der Waals surface area contributed by atoms with Crippen LogP contribution in [0.4, 0.5) is 11.5 Å². The molecule has 3 N–H and O–H groups in total. The Bertz CT molecular complexity index is 1280. The molecule has 0 saturated carbocycles. The number of rotatable bonds is 8. The number of H-pyrrole nitrogens is 1. The SMILES string of the molecule is CCCCn1c(N)c(N(CC)C(=O)c2cc(C(C)C)nc3c2cnn3C(C)C)c(=O)[nH]c1=O. The fourth-order valence-corrected chi connectivity index (χ4v) is 3.81. The molecule has 0 unspecified atom stereocenters. The molecule has 3 aromatic heterocycles. The Balaban J connectivity index is 2.22. The van der Waals surface area contributed by atoms with Gasteiger partial charge in [0.1, 0.15) is 5.82 Å². The Kier molecular flexibility index (Phi) is 7.04. The third-order valence-corrected chi connectivity index (χ3v) is 5.68. The molecule has 178 valence electrons. The van der Waals surface area contributed by atoms with Crippen LogP contribution in [0.5, 0.6) is 0 Å². The maximum absolute atomic E-state index is 13.8. The topological polar surface area (TPSA) is 132 Å². The van der Waals surface area contributed by atoms with E-state index < -0.39 is 17.2 Å². The van der Waals surface area contributed by atoms with Gasteiger partial charge in [-0.25, -0.2) is 14.5 Å². The lowest BCUT2D eigenvalue weighted by Gasteiger charge is -2.24. The first kappa shape index (κ1) is 24.2. The van der Waals surface area contributed by atoms with Crippen LogP contribution >= 0.6 is 0 Å². The molecule has 3 aromatic rings. The van der Waals surface area contributed by atoms with E-state index in [1.807, 2.05) is 34.6 Å². The number of carbonyl (C=O) groups is 1. The van der Waals surface area contributed by atoms with Crippen molar-refractivity contribution >= 4 is 28.4 Å². The van der Waals surface area contributed by atoms with Crippen LogP contribution in [-0.4, -0.2) is 36.8 Å². The van der Waals surface area contributed by atoms with E-state index in [0.717, 1.165) is 12.1 Å². The standard InChI is InChI=1S/C23H33N7O3/c1-7-9-10-29-19(24)18(21(31)27-23(29)33)28(8-2)22(32)15-11-17(13(3)4)26-20-16(15)12-25-30(20)14(5)6/h11-14H,7-10,24H2,1-6H3,(H,27,31,33). The van der Waals surface area contributed by atoms with Crippen LogP contribution in [-0.2, 0) is 6.54 Å². The summed E-state index contributed by atoms with van der Waals surface area (Å²) >= 11 is 0. The summed E-state index contributed by atoms with van der Waals surface area (Å²) in [6.45, 7) is 12.3. The van der Waals surface area contributed by atoms with Gasteiger partial charge in [-0.1, -0.05) is 27.2 Å². The van der Waals surface area contributed by atoms with Gasteiger partial charge in [-0.15, -0.1) is 0 Å². The zero-order valence-corrected chi connectivity index (χ0v) is 20.2. The molecule has 33 heavy (non-hydrogen) atoms. The van der Waals surface area contributed by atoms with E-state index in [1.165, 1.54) is 9.47 Å². The van der Waals surface area contributed by atoms with Crippen LogP contribution < -0.4 is 21.9 Å². The molecular formula is C23H33N7O3. The molecule has 0 bridgehead atoms. The summed E-state index contributed by atoms with van der Waals surface area (Å²) in [5, 5.41) is 5.04. The summed E-state index contributed by atoms with van der Waals surface area (Å²) in [5.41, 5.74) is 6.74. The van der Waals surface area contributed by atoms with Gasteiger partial charge in [0.15, 0.2) is 11.3 Å². The molecule has 1 amide bonds. The van der Waals surface area contributed by atoms with Gasteiger partial charge in [-0.05, 0) is 39.2 Å². The number of anilines is 2. The number of nitrogens with two attached hydrogens (primary N) is 1. The summed E-state index contributed by atoms with van der Waals surface area (Å²) in [7, 11) is 0. The average Bonchev–Trinajstić information content (AvgIpc) is 3.19. The molecule has 10 heteroatoms. The van der Waals surface area contributed by atoms with Crippen LogP contribution in [0.15, 0.2) is 21.9 Å². The first-order valence-corrected chi connectivity index (χ1v) is 11.4. The summed E-state index contributed by atoms with van der Waals surface area (Å²) in [5.74, 6) is -0.330. The summed E-state index contributed by atoms with van der Waals surface area (Å²) in [4.78, 5) is 47.3. The fraction of sp³-hybridized carbons (Fsp3) is 0.522. The molecule has 3 rings (SSSR count). The van der Waals surface area contributed by atoms with E-state index in [-0.39, 0.29) is 30.0 Å². The van der Waals surface area contributed by atoms with Gasteiger partial charge in [0, 0.05) is 24.8 Å². The van der Waals surface area contributed by atoms with Gasteiger partial charge < -0.3 is 10.6 Å². The maximum atomic E-state index is 13.8. The Hall–Kier alpha value is -3.43. The highest BCUT2D eigenvalue weighted by Gasteiger charge is 2.27. The predicted molar refractivity (Wildman–Crippen MR) is 130 cm³/mol. The first-order chi connectivity index (χ1) is 15.6. The van der Waals surface area contributed by atoms with Crippen molar-refractivity contribution in [2.45, 2.75) is 72.9 Å². The molecular weight excluding hydrogens is 422 g/mol. The fourth-order valence-electron chi connectivity index (χ4n) is 3.81.